The average Bonchev–Trinajstić information content (AvgIpc) is 2.79. The van der Waals surface area contributed by atoms with Gasteiger partial charge in [-0.1, -0.05) is 40.9 Å². The zero-order valence-electron chi connectivity index (χ0n) is 18.6. The van der Waals surface area contributed by atoms with E-state index in [2.05, 4.69) is 10.6 Å². The number of benzene rings is 1. The molecule has 0 bridgehead atoms. The van der Waals surface area contributed by atoms with Gasteiger partial charge in [-0.3, -0.25) is 19.2 Å². The van der Waals surface area contributed by atoms with Crippen molar-refractivity contribution in [1.82, 2.24) is 15.2 Å². The molecule has 2 heterocycles. The van der Waals surface area contributed by atoms with E-state index in [0.717, 1.165) is 5.57 Å². The third-order valence-electron chi connectivity index (χ3n) is 6.26. The zero-order valence-corrected chi connectivity index (χ0v) is 20.1. The van der Waals surface area contributed by atoms with Gasteiger partial charge >= 0.3 is 0 Å². The Bertz CT molecular complexity index is 1130. The van der Waals surface area contributed by atoms with Crippen molar-refractivity contribution >= 4 is 52.5 Å². The number of nitrogens with zero attached hydrogens (tertiary/aromatic N) is 2. The van der Waals surface area contributed by atoms with E-state index < -0.39 is 24.0 Å². The van der Waals surface area contributed by atoms with Gasteiger partial charge < -0.3 is 15.5 Å². The fourth-order valence-electron chi connectivity index (χ4n) is 4.50. The number of nitrogens with one attached hydrogen (secondary N) is 2. The molecule has 4 N–H and O–H groups in total. The van der Waals surface area contributed by atoms with Crippen molar-refractivity contribution in [3.63, 3.8) is 0 Å². The summed E-state index contributed by atoms with van der Waals surface area (Å²) in [5.41, 5.74) is 2.49. The van der Waals surface area contributed by atoms with Crippen LogP contribution < -0.4 is 16.5 Å². The Hall–Kier alpha value is -2.88. The van der Waals surface area contributed by atoms with Gasteiger partial charge in [0.15, 0.2) is 0 Å². The standard InChI is InChI=1S/C23H25Cl2N5O4/c1-12-28-17-4-2-3-14(11-27-19(31)10-13-5-6-15(24)16(25)9-13)21(17)23(34)29(12)18-7-8-20(32)30(26)22(18)33/h2-4,9,12,18,28H,5-8,10-11,26H2,1H3,(H,27,31). The fourth-order valence-corrected chi connectivity index (χ4v) is 4.90. The highest BCUT2D eigenvalue weighted by Gasteiger charge is 2.43. The minimum absolute atomic E-state index is 0.0776. The van der Waals surface area contributed by atoms with E-state index in [1.165, 1.54) is 4.90 Å². The molecule has 3 aliphatic rings. The second kappa shape index (κ2) is 9.77. The highest BCUT2D eigenvalue weighted by Crippen LogP contribution is 2.32. The number of amides is 4. The average molecular weight is 506 g/mol. The van der Waals surface area contributed by atoms with Crippen LogP contribution in [0.5, 0.6) is 0 Å². The lowest BCUT2D eigenvalue weighted by atomic mass is 9.96. The van der Waals surface area contributed by atoms with Crippen LogP contribution in [0.25, 0.3) is 0 Å². The normalized spacial score (nSPS) is 22.9. The molecular weight excluding hydrogens is 481 g/mol. The van der Waals surface area contributed by atoms with E-state index in [9.17, 15) is 19.2 Å². The minimum atomic E-state index is -0.851. The fraction of sp³-hybridized carbons (Fsp3) is 0.391. The Morgan fingerprint density at radius 3 is 2.71 bits per heavy atom. The molecule has 34 heavy (non-hydrogen) atoms. The highest BCUT2D eigenvalue weighted by atomic mass is 35.5. The lowest BCUT2D eigenvalue weighted by Crippen LogP contribution is -2.62. The van der Waals surface area contributed by atoms with Gasteiger partial charge in [0.1, 0.15) is 6.04 Å². The summed E-state index contributed by atoms with van der Waals surface area (Å²) in [7, 11) is 0. The lowest BCUT2D eigenvalue weighted by Gasteiger charge is -2.43. The smallest absolute Gasteiger partial charge is 0.266 e. The molecule has 4 rings (SSSR count). The summed E-state index contributed by atoms with van der Waals surface area (Å²) in [6.07, 6.45) is 2.96. The molecule has 9 nitrogen and oxygen atoms in total. The van der Waals surface area contributed by atoms with Crippen molar-refractivity contribution in [2.24, 2.45) is 5.84 Å². The van der Waals surface area contributed by atoms with Gasteiger partial charge in [0, 0.05) is 30.1 Å². The maximum Gasteiger partial charge on any atom is 0.266 e. The molecule has 0 spiro atoms. The molecule has 0 aromatic heterocycles. The summed E-state index contributed by atoms with van der Waals surface area (Å²) in [5.74, 6) is 3.98. The summed E-state index contributed by atoms with van der Waals surface area (Å²) >= 11 is 12.1. The van der Waals surface area contributed by atoms with E-state index in [4.69, 9.17) is 29.0 Å². The number of carbonyl (C=O) groups is 4. The van der Waals surface area contributed by atoms with Crippen molar-refractivity contribution in [3.05, 3.63) is 51.0 Å². The quantitative estimate of drug-likeness (QED) is 0.321. The first-order valence-electron chi connectivity index (χ1n) is 11.0. The third-order valence-corrected chi connectivity index (χ3v) is 7.09. The summed E-state index contributed by atoms with van der Waals surface area (Å²) in [6, 6.07) is 4.48. The van der Waals surface area contributed by atoms with Gasteiger partial charge in [-0.05, 0) is 43.9 Å². The predicted molar refractivity (Wildman–Crippen MR) is 127 cm³/mol. The summed E-state index contributed by atoms with van der Waals surface area (Å²) in [4.78, 5) is 51.9. The number of carbonyl (C=O) groups excluding carboxylic acids is 4. The number of imide groups is 1. The van der Waals surface area contributed by atoms with Gasteiger partial charge in [0.2, 0.25) is 11.8 Å². The van der Waals surface area contributed by atoms with Crippen LogP contribution in [0.4, 0.5) is 5.69 Å². The van der Waals surface area contributed by atoms with Crippen molar-refractivity contribution in [2.75, 3.05) is 5.32 Å². The molecule has 4 amide bonds. The molecule has 1 aromatic carbocycles. The predicted octanol–water partition coefficient (Wildman–Crippen LogP) is 2.71. The van der Waals surface area contributed by atoms with Crippen LogP contribution in [0.1, 0.15) is 54.9 Å². The Morgan fingerprint density at radius 2 is 1.97 bits per heavy atom. The van der Waals surface area contributed by atoms with Crippen LogP contribution in [0.3, 0.4) is 0 Å². The molecule has 1 saturated heterocycles. The van der Waals surface area contributed by atoms with Crippen LogP contribution in [-0.2, 0) is 20.9 Å². The number of hydrogen-bond donors (Lipinski definition) is 3. The SMILES string of the molecule is CC1Nc2cccc(CNC(=O)CC3=CC(Cl)=C(Cl)CC3)c2C(=O)N1C1CCC(=O)N(N)C1=O. The number of halogens is 2. The molecule has 2 aliphatic heterocycles. The van der Waals surface area contributed by atoms with Gasteiger partial charge in [0.25, 0.3) is 11.8 Å². The Balaban J connectivity index is 1.50. The second-order valence-electron chi connectivity index (χ2n) is 8.54. The van der Waals surface area contributed by atoms with Crippen molar-refractivity contribution in [1.29, 1.82) is 0 Å². The highest BCUT2D eigenvalue weighted by molar-refractivity contribution is 6.40. The number of nitrogens with two attached hydrogens (primary N) is 1. The van der Waals surface area contributed by atoms with Crippen LogP contribution >= 0.6 is 23.2 Å². The van der Waals surface area contributed by atoms with Crippen molar-refractivity contribution < 1.29 is 19.2 Å². The van der Waals surface area contributed by atoms with E-state index in [-0.39, 0.29) is 37.6 Å². The van der Waals surface area contributed by atoms with Gasteiger partial charge in [-0.2, -0.15) is 0 Å². The minimum Gasteiger partial charge on any atom is -0.365 e. The van der Waals surface area contributed by atoms with E-state index in [1.54, 1.807) is 31.2 Å². The number of hydrogen-bond acceptors (Lipinski definition) is 6. The molecule has 1 fully saturated rings. The number of hydrazine groups is 1. The largest absolute Gasteiger partial charge is 0.365 e. The van der Waals surface area contributed by atoms with Crippen LogP contribution in [0.15, 0.2) is 39.9 Å². The number of rotatable bonds is 5. The maximum atomic E-state index is 13.5. The summed E-state index contributed by atoms with van der Waals surface area (Å²) in [5, 5.41) is 7.73. The molecule has 180 valence electrons. The van der Waals surface area contributed by atoms with Gasteiger partial charge in [0.05, 0.1) is 16.8 Å². The van der Waals surface area contributed by atoms with Crippen molar-refractivity contribution in [2.45, 2.75) is 57.8 Å². The van der Waals surface area contributed by atoms with Crippen LogP contribution in [0.2, 0.25) is 0 Å². The zero-order chi connectivity index (χ0) is 24.6. The molecule has 2 unspecified atom stereocenters. The number of fused-ring (bicyclic) bond motifs is 1. The lowest BCUT2D eigenvalue weighted by molar-refractivity contribution is -0.153. The summed E-state index contributed by atoms with van der Waals surface area (Å²) < 4.78 is 0. The Morgan fingerprint density at radius 1 is 1.21 bits per heavy atom. The first kappa shape index (κ1) is 24.3. The Labute approximate surface area is 206 Å². The molecular formula is C23H25Cl2N5O4. The topological polar surface area (TPSA) is 125 Å². The van der Waals surface area contributed by atoms with E-state index in [0.29, 0.717) is 44.7 Å². The molecule has 0 radical (unpaired) electrons. The number of piperidine rings is 1. The van der Waals surface area contributed by atoms with Gasteiger partial charge in [-0.25, -0.2) is 10.9 Å². The first-order valence-corrected chi connectivity index (χ1v) is 11.8. The molecule has 1 aliphatic carbocycles. The molecule has 11 heteroatoms. The monoisotopic (exact) mass is 505 g/mol. The number of allylic oxidation sites excluding steroid dienone is 3. The summed E-state index contributed by atoms with van der Waals surface area (Å²) in [6.45, 7) is 1.90. The first-order chi connectivity index (χ1) is 16.2. The molecule has 2 atom stereocenters. The molecule has 0 saturated carbocycles. The Kier molecular flexibility index (Phi) is 6.97. The van der Waals surface area contributed by atoms with Gasteiger partial charge in [-0.15, -0.1) is 0 Å². The molecule has 1 aromatic rings. The number of anilines is 1. The van der Waals surface area contributed by atoms with Crippen LogP contribution in [-0.4, -0.2) is 45.7 Å². The van der Waals surface area contributed by atoms with E-state index >= 15 is 0 Å². The van der Waals surface area contributed by atoms with Crippen LogP contribution in [0, 0.1) is 0 Å². The maximum absolute atomic E-state index is 13.5. The third kappa shape index (κ3) is 4.68. The second-order valence-corrected chi connectivity index (χ2v) is 9.40. The van der Waals surface area contributed by atoms with Crippen molar-refractivity contribution in [3.8, 4) is 0 Å². The van der Waals surface area contributed by atoms with E-state index in [1.807, 2.05) is 0 Å².